The van der Waals surface area contributed by atoms with Crippen molar-refractivity contribution in [1.82, 2.24) is 5.32 Å². The third kappa shape index (κ3) is 3.81. The van der Waals surface area contributed by atoms with Crippen LogP contribution in [0.2, 0.25) is 0 Å². The first-order valence-electron chi connectivity index (χ1n) is 7.01. The normalized spacial score (nSPS) is 18.8. The van der Waals surface area contributed by atoms with E-state index in [-0.39, 0.29) is 18.1 Å². The van der Waals surface area contributed by atoms with Gasteiger partial charge in [0.1, 0.15) is 0 Å². The predicted octanol–water partition coefficient (Wildman–Crippen LogP) is 1.90. The highest BCUT2D eigenvalue weighted by molar-refractivity contribution is 7.90. The van der Waals surface area contributed by atoms with Gasteiger partial charge in [0, 0.05) is 25.4 Å². The first-order valence-corrected chi connectivity index (χ1v) is 8.90. The van der Waals surface area contributed by atoms with Crippen LogP contribution in [0.5, 0.6) is 0 Å². The molecule has 0 heterocycles. The minimum Gasteiger partial charge on any atom is -0.396 e. The van der Waals surface area contributed by atoms with E-state index in [0.29, 0.717) is 4.90 Å². The molecule has 5 heteroatoms. The number of hydrogen-bond donors (Lipinski definition) is 2. The summed E-state index contributed by atoms with van der Waals surface area (Å²) in [5.74, 6) is 0. The molecule has 1 aromatic carbocycles. The molecular formula is C15H23NO3S. The van der Waals surface area contributed by atoms with E-state index < -0.39 is 9.84 Å². The van der Waals surface area contributed by atoms with Crippen molar-refractivity contribution in [1.29, 1.82) is 0 Å². The first kappa shape index (κ1) is 15.5. The fraction of sp³-hybridized carbons (Fsp3) is 0.600. The van der Waals surface area contributed by atoms with E-state index in [2.05, 4.69) is 12.2 Å². The molecule has 0 aromatic heterocycles. The third-order valence-electron chi connectivity index (χ3n) is 4.19. The highest BCUT2D eigenvalue weighted by Gasteiger charge is 2.41. The molecular weight excluding hydrogens is 274 g/mol. The molecule has 0 spiro atoms. The molecule has 1 atom stereocenters. The maximum atomic E-state index is 11.4. The van der Waals surface area contributed by atoms with Crippen LogP contribution in [0.1, 0.15) is 37.8 Å². The van der Waals surface area contributed by atoms with Gasteiger partial charge in [0.25, 0.3) is 0 Å². The lowest BCUT2D eigenvalue weighted by atomic mass is 10.0. The lowest BCUT2D eigenvalue weighted by Gasteiger charge is -2.20. The number of benzene rings is 1. The molecule has 1 aliphatic rings. The number of aliphatic hydroxyl groups is 1. The molecule has 1 aromatic rings. The fourth-order valence-electron chi connectivity index (χ4n) is 2.42. The molecule has 0 saturated heterocycles. The average molecular weight is 297 g/mol. The Kier molecular flexibility index (Phi) is 4.52. The summed E-state index contributed by atoms with van der Waals surface area (Å²) < 4.78 is 22.8. The molecule has 0 bridgehead atoms. The molecule has 20 heavy (non-hydrogen) atoms. The van der Waals surface area contributed by atoms with Gasteiger partial charge in [-0.25, -0.2) is 8.42 Å². The largest absolute Gasteiger partial charge is 0.396 e. The van der Waals surface area contributed by atoms with Crippen molar-refractivity contribution < 1.29 is 13.5 Å². The smallest absolute Gasteiger partial charge is 0.175 e. The van der Waals surface area contributed by atoms with Crippen LogP contribution < -0.4 is 5.32 Å². The Morgan fingerprint density at radius 1 is 1.30 bits per heavy atom. The number of sulfone groups is 1. The van der Waals surface area contributed by atoms with Gasteiger partial charge < -0.3 is 10.4 Å². The number of nitrogens with one attached hydrogen (secondary N) is 1. The van der Waals surface area contributed by atoms with E-state index in [4.69, 9.17) is 5.11 Å². The number of aliphatic hydroxyl groups excluding tert-OH is 1. The van der Waals surface area contributed by atoms with Gasteiger partial charge in [-0.15, -0.1) is 0 Å². The molecule has 2 N–H and O–H groups in total. The van der Waals surface area contributed by atoms with Gasteiger partial charge >= 0.3 is 0 Å². The van der Waals surface area contributed by atoms with Crippen molar-refractivity contribution >= 4 is 9.84 Å². The Morgan fingerprint density at radius 3 is 2.35 bits per heavy atom. The number of hydrogen-bond acceptors (Lipinski definition) is 4. The van der Waals surface area contributed by atoms with Gasteiger partial charge in [0.2, 0.25) is 0 Å². The Bertz CT molecular complexity index is 547. The third-order valence-corrected chi connectivity index (χ3v) is 5.32. The number of rotatable bonds is 7. The monoisotopic (exact) mass is 297 g/mol. The SMILES string of the molecule is CC(NCC1(CCO)CC1)c1ccc(S(C)(=O)=O)cc1. The Balaban J connectivity index is 1.94. The van der Waals surface area contributed by atoms with Crippen molar-refractivity contribution in [3.8, 4) is 0 Å². The zero-order chi connectivity index (χ0) is 14.8. The Labute approximate surface area is 121 Å². The Hall–Kier alpha value is -0.910. The summed E-state index contributed by atoms with van der Waals surface area (Å²) in [4.78, 5) is 0.354. The standard InChI is InChI=1S/C15H23NO3S/c1-12(16-11-15(7-8-15)9-10-17)13-3-5-14(6-4-13)20(2,18)19/h3-6,12,16-17H,7-11H2,1-2H3. The van der Waals surface area contributed by atoms with Gasteiger partial charge in [0.05, 0.1) is 4.90 Å². The van der Waals surface area contributed by atoms with Crippen molar-refractivity contribution in [2.24, 2.45) is 5.41 Å². The van der Waals surface area contributed by atoms with Crippen LogP contribution in [0.3, 0.4) is 0 Å². The lowest BCUT2D eigenvalue weighted by Crippen LogP contribution is -2.27. The zero-order valence-electron chi connectivity index (χ0n) is 12.1. The molecule has 0 aliphatic heterocycles. The Morgan fingerprint density at radius 2 is 1.90 bits per heavy atom. The second kappa shape index (κ2) is 5.84. The van der Waals surface area contributed by atoms with Crippen LogP contribution in [-0.4, -0.2) is 32.9 Å². The summed E-state index contributed by atoms with van der Waals surface area (Å²) in [6.45, 7) is 3.23. The van der Waals surface area contributed by atoms with Gasteiger partial charge in [-0.1, -0.05) is 12.1 Å². The quantitative estimate of drug-likeness (QED) is 0.807. The molecule has 1 aliphatic carbocycles. The molecule has 2 rings (SSSR count). The molecule has 1 saturated carbocycles. The van der Waals surface area contributed by atoms with Crippen LogP contribution in [0.25, 0.3) is 0 Å². The average Bonchev–Trinajstić information content (AvgIpc) is 3.16. The minimum atomic E-state index is -3.13. The first-order chi connectivity index (χ1) is 9.36. The molecule has 0 amide bonds. The topological polar surface area (TPSA) is 66.4 Å². The lowest BCUT2D eigenvalue weighted by molar-refractivity contribution is 0.243. The highest BCUT2D eigenvalue weighted by Crippen LogP contribution is 2.48. The summed E-state index contributed by atoms with van der Waals surface area (Å²) in [6, 6.07) is 7.21. The summed E-state index contributed by atoms with van der Waals surface area (Å²) >= 11 is 0. The van der Waals surface area contributed by atoms with Crippen LogP contribution >= 0.6 is 0 Å². The summed E-state index contributed by atoms with van der Waals surface area (Å²) in [5.41, 5.74) is 1.37. The molecule has 0 radical (unpaired) electrons. The predicted molar refractivity (Wildman–Crippen MR) is 79.3 cm³/mol. The van der Waals surface area contributed by atoms with E-state index >= 15 is 0 Å². The van der Waals surface area contributed by atoms with E-state index in [0.717, 1.165) is 18.5 Å². The van der Waals surface area contributed by atoms with E-state index in [1.807, 2.05) is 12.1 Å². The maximum Gasteiger partial charge on any atom is 0.175 e. The van der Waals surface area contributed by atoms with Crippen molar-refractivity contribution in [2.75, 3.05) is 19.4 Å². The van der Waals surface area contributed by atoms with Crippen molar-refractivity contribution in [3.05, 3.63) is 29.8 Å². The second-order valence-electron chi connectivity index (χ2n) is 5.92. The van der Waals surface area contributed by atoms with Crippen LogP contribution in [0.4, 0.5) is 0 Å². The second-order valence-corrected chi connectivity index (χ2v) is 7.93. The summed E-state index contributed by atoms with van der Waals surface area (Å²) in [6.07, 6.45) is 4.44. The van der Waals surface area contributed by atoms with Gasteiger partial charge in [-0.2, -0.15) is 0 Å². The van der Waals surface area contributed by atoms with E-state index in [1.54, 1.807) is 12.1 Å². The van der Waals surface area contributed by atoms with Gasteiger partial charge in [0.15, 0.2) is 9.84 Å². The zero-order valence-corrected chi connectivity index (χ0v) is 12.9. The fourth-order valence-corrected chi connectivity index (χ4v) is 3.05. The summed E-state index contributed by atoms with van der Waals surface area (Å²) in [7, 11) is -3.13. The van der Waals surface area contributed by atoms with Crippen LogP contribution in [-0.2, 0) is 9.84 Å². The van der Waals surface area contributed by atoms with Crippen LogP contribution in [0.15, 0.2) is 29.2 Å². The van der Waals surface area contributed by atoms with E-state index in [9.17, 15) is 8.42 Å². The molecule has 4 nitrogen and oxygen atoms in total. The minimum absolute atomic E-state index is 0.180. The van der Waals surface area contributed by atoms with Crippen molar-refractivity contribution in [3.63, 3.8) is 0 Å². The van der Waals surface area contributed by atoms with Gasteiger partial charge in [-0.3, -0.25) is 0 Å². The molecule has 112 valence electrons. The van der Waals surface area contributed by atoms with E-state index in [1.165, 1.54) is 19.1 Å². The molecule has 1 fully saturated rings. The highest BCUT2D eigenvalue weighted by atomic mass is 32.2. The van der Waals surface area contributed by atoms with Gasteiger partial charge in [-0.05, 0) is 49.3 Å². The molecule has 1 unspecified atom stereocenters. The van der Waals surface area contributed by atoms with Crippen LogP contribution in [0, 0.1) is 5.41 Å². The maximum absolute atomic E-state index is 11.4. The van der Waals surface area contributed by atoms with Crippen molar-refractivity contribution in [2.45, 2.75) is 37.1 Å². The summed E-state index contributed by atoms with van der Waals surface area (Å²) in [5, 5.41) is 12.5.